The first kappa shape index (κ1) is 24.0. The second kappa shape index (κ2) is 9.85. The largest absolute Gasteiger partial charge is 0.421 e. The number of aliphatic imine (C=N–C) groups is 1. The van der Waals surface area contributed by atoms with Gasteiger partial charge in [0.1, 0.15) is 29.1 Å². The highest BCUT2D eigenvalue weighted by molar-refractivity contribution is 6.05. The molecular weight excluding hydrogens is 488 g/mol. The summed E-state index contributed by atoms with van der Waals surface area (Å²) in [6.07, 6.45) is 5.77. The first-order valence-corrected chi connectivity index (χ1v) is 12.6. The third kappa shape index (κ3) is 4.81. The van der Waals surface area contributed by atoms with Crippen LogP contribution in [0.3, 0.4) is 0 Å². The number of fused-ring (bicyclic) bond motifs is 1. The van der Waals surface area contributed by atoms with Crippen LogP contribution in [0.4, 0.5) is 26.2 Å². The lowest BCUT2D eigenvalue weighted by atomic mass is 10.1. The second-order valence-electron chi connectivity index (χ2n) is 9.71. The van der Waals surface area contributed by atoms with E-state index in [1.165, 1.54) is 0 Å². The SMILES string of the molecule is CC1=CC(Nc2cc(N3CCN(c4ccccn4)CC3)nc(Oc3cc(F)c4c(c3F)C=C(C)C4)n2)=NC1. The van der Waals surface area contributed by atoms with Gasteiger partial charge in [-0.1, -0.05) is 17.7 Å². The van der Waals surface area contributed by atoms with Gasteiger partial charge in [0, 0.05) is 55.6 Å². The molecular formula is C28H27F2N7O. The van der Waals surface area contributed by atoms with Gasteiger partial charge in [-0.15, -0.1) is 0 Å². The summed E-state index contributed by atoms with van der Waals surface area (Å²) in [5.41, 5.74) is 2.59. The lowest BCUT2D eigenvalue weighted by Gasteiger charge is -2.36. The maximum absolute atomic E-state index is 15.3. The number of amidine groups is 1. The molecule has 3 aliphatic rings. The van der Waals surface area contributed by atoms with E-state index in [1.807, 2.05) is 44.2 Å². The van der Waals surface area contributed by atoms with Crippen molar-refractivity contribution < 1.29 is 13.5 Å². The fourth-order valence-electron chi connectivity index (χ4n) is 4.87. The van der Waals surface area contributed by atoms with Crippen molar-refractivity contribution in [2.45, 2.75) is 20.3 Å². The molecule has 6 rings (SSSR count). The Bertz CT molecular complexity index is 1480. The Balaban J connectivity index is 1.29. The summed E-state index contributed by atoms with van der Waals surface area (Å²) in [6, 6.07) is 8.68. The molecule has 8 nitrogen and oxygen atoms in total. The Morgan fingerprint density at radius 1 is 0.921 bits per heavy atom. The minimum absolute atomic E-state index is 0.0756. The van der Waals surface area contributed by atoms with Crippen molar-refractivity contribution in [2.24, 2.45) is 4.99 Å². The number of allylic oxidation sites excluding steroid dienone is 1. The predicted octanol–water partition coefficient (Wildman–Crippen LogP) is 5.00. The smallest absolute Gasteiger partial charge is 0.326 e. The monoisotopic (exact) mass is 515 g/mol. The molecule has 0 saturated carbocycles. The summed E-state index contributed by atoms with van der Waals surface area (Å²) < 4.78 is 35.8. The maximum Gasteiger partial charge on any atom is 0.326 e. The number of benzene rings is 1. The van der Waals surface area contributed by atoms with Crippen molar-refractivity contribution >= 4 is 29.4 Å². The molecule has 0 bridgehead atoms. The third-order valence-corrected chi connectivity index (χ3v) is 6.78. The molecule has 2 aromatic heterocycles. The summed E-state index contributed by atoms with van der Waals surface area (Å²) >= 11 is 0. The first-order valence-electron chi connectivity index (χ1n) is 12.6. The molecule has 1 aliphatic carbocycles. The molecule has 0 atom stereocenters. The average Bonchev–Trinajstić information content (AvgIpc) is 3.53. The molecule has 38 heavy (non-hydrogen) atoms. The summed E-state index contributed by atoms with van der Waals surface area (Å²) in [4.78, 5) is 22.3. The van der Waals surface area contributed by atoms with Gasteiger partial charge in [0.25, 0.3) is 0 Å². The molecule has 194 valence electrons. The van der Waals surface area contributed by atoms with E-state index in [-0.39, 0.29) is 17.3 Å². The zero-order valence-electron chi connectivity index (χ0n) is 21.2. The summed E-state index contributed by atoms with van der Waals surface area (Å²) in [5.74, 6) is 1.31. The summed E-state index contributed by atoms with van der Waals surface area (Å²) in [6.45, 7) is 7.36. The van der Waals surface area contributed by atoms with E-state index < -0.39 is 11.6 Å². The number of hydrogen-bond acceptors (Lipinski definition) is 8. The van der Waals surface area contributed by atoms with Crippen LogP contribution < -0.4 is 19.9 Å². The van der Waals surface area contributed by atoms with Crippen molar-refractivity contribution in [2.75, 3.05) is 47.8 Å². The molecule has 1 N–H and O–H groups in total. The van der Waals surface area contributed by atoms with Crippen LogP contribution in [0, 0.1) is 11.6 Å². The highest BCUT2D eigenvalue weighted by Gasteiger charge is 2.25. The van der Waals surface area contributed by atoms with Gasteiger partial charge in [0.2, 0.25) is 0 Å². The molecule has 3 aromatic rings. The van der Waals surface area contributed by atoms with Gasteiger partial charge < -0.3 is 19.9 Å². The Hall–Kier alpha value is -4.34. The van der Waals surface area contributed by atoms with Gasteiger partial charge in [-0.05, 0) is 44.1 Å². The number of hydrogen-bond donors (Lipinski definition) is 1. The molecule has 0 spiro atoms. The maximum atomic E-state index is 15.3. The van der Waals surface area contributed by atoms with Crippen LogP contribution in [0.25, 0.3) is 6.08 Å². The Morgan fingerprint density at radius 3 is 2.42 bits per heavy atom. The average molecular weight is 516 g/mol. The number of anilines is 3. The molecule has 0 unspecified atom stereocenters. The van der Waals surface area contributed by atoms with Crippen molar-refractivity contribution in [1.82, 2.24) is 15.0 Å². The Labute approximate surface area is 219 Å². The highest BCUT2D eigenvalue weighted by Crippen LogP contribution is 2.36. The van der Waals surface area contributed by atoms with E-state index in [9.17, 15) is 4.39 Å². The molecule has 4 heterocycles. The normalized spacial score (nSPS) is 16.7. The first-order chi connectivity index (χ1) is 18.4. The van der Waals surface area contributed by atoms with Gasteiger partial charge in [-0.3, -0.25) is 4.99 Å². The quantitative estimate of drug-likeness (QED) is 0.512. The van der Waals surface area contributed by atoms with Gasteiger partial charge in [-0.2, -0.15) is 9.97 Å². The van der Waals surface area contributed by atoms with Crippen LogP contribution in [-0.2, 0) is 6.42 Å². The summed E-state index contributed by atoms with van der Waals surface area (Å²) in [7, 11) is 0. The molecule has 0 radical (unpaired) electrons. The fourth-order valence-corrected chi connectivity index (χ4v) is 4.87. The van der Waals surface area contributed by atoms with Crippen molar-refractivity contribution in [3.63, 3.8) is 0 Å². The zero-order valence-corrected chi connectivity index (χ0v) is 21.2. The van der Waals surface area contributed by atoms with Crippen LogP contribution in [-0.4, -0.2) is 53.5 Å². The summed E-state index contributed by atoms with van der Waals surface area (Å²) in [5, 5.41) is 3.20. The molecule has 0 amide bonds. The van der Waals surface area contributed by atoms with Crippen LogP contribution in [0.2, 0.25) is 0 Å². The van der Waals surface area contributed by atoms with Crippen molar-refractivity contribution in [3.05, 3.63) is 76.5 Å². The van der Waals surface area contributed by atoms with E-state index in [4.69, 9.17) is 4.74 Å². The van der Waals surface area contributed by atoms with E-state index >= 15 is 4.39 Å². The second-order valence-corrected chi connectivity index (χ2v) is 9.71. The predicted molar refractivity (Wildman–Crippen MR) is 144 cm³/mol. The number of rotatable bonds is 5. The topological polar surface area (TPSA) is 78.8 Å². The van der Waals surface area contributed by atoms with Gasteiger partial charge >= 0.3 is 6.01 Å². The lowest BCUT2D eigenvalue weighted by Crippen LogP contribution is -2.47. The van der Waals surface area contributed by atoms with E-state index in [0.717, 1.165) is 36.1 Å². The minimum atomic E-state index is -0.621. The van der Waals surface area contributed by atoms with Crippen molar-refractivity contribution in [3.8, 4) is 11.8 Å². The van der Waals surface area contributed by atoms with Gasteiger partial charge in [0.05, 0.1) is 6.54 Å². The number of aromatic nitrogens is 3. The molecule has 1 fully saturated rings. The minimum Gasteiger partial charge on any atom is -0.421 e. The van der Waals surface area contributed by atoms with E-state index in [2.05, 4.69) is 35.1 Å². The van der Waals surface area contributed by atoms with Crippen LogP contribution >= 0.6 is 0 Å². The number of nitrogens with zero attached hydrogens (tertiary/aromatic N) is 6. The van der Waals surface area contributed by atoms with Crippen molar-refractivity contribution in [1.29, 1.82) is 0 Å². The molecule has 10 heteroatoms. The van der Waals surface area contributed by atoms with E-state index in [0.29, 0.717) is 49.1 Å². The number of nitrogens with one attached hydrogen (secondary N) is 1. The lowest BCUT2D eigenvalue weighted by molar-refractivity contribution is 0.406. The molecule has 2 aliphatic heterocycles. The van der Waals surface area contributed by atoms with Gasteiger partial charge in [-0.25, -0.2) is 13.8 Å². The molecule has 1 saturated heterocycles. The zero-order chi connectivity index (χ0) is 26.2. The Morgan fingerprint density at radius 2 is 1.71 bits per heavy atom. The van der Waals surface area contributed by atoms with Crippen LogP contribution in [0.15, 0.2) is 58.7 Å². The van der Waals surface area contributed by atoms with Gasteiger partial charge in [0.15, 0.2) is 11.6 Å². The molecule has 1 aromatic carbocycles. The fraction of sp³-hybridized carbons (Fsp3) is 0.286. The number of ether oxygens (including phenoxy) is 1. The number of halogens is 2. The van der Waals surface area contributed by atoms with E-state index in [1.54, 1.807) is 12.3 Å². The van der Waals surface area contributed by atoms with Crippen LogP contribution in [0.1, 0.15) is 25.0 Å². The highest BCUT2D eigenvalue weighted by atomic mass is 19.1. The Kier molecular flexibility index (Phi) is 6.22. The number of pyridine rings is 1. The number of piperazine rings is 1. The van der Waals surface area contributed by atoms with Crippen LogP contribution in [0.5, 0.6) is 11.8 Å². The standard InChI is InChI=1S/C28H27F2N7O/c1-17-11-19-20(12-17)27(30)22(14-21(19)29)38-28-34-24(33-23-13-18(2)16-32-23)15-26(35-28)37-9-7-36(8-10-37)25-5-3-4-6-31-25/h3-6,12-15H,7-11,16H2,1-2H3,(H,32,33,34,35). The third-order valence-electron chi connectivity index (χ3n) is 6.78.